The molecule has 5 rings (SSSR count). The monoisotopic (exact) mass is 460 g/mol. The van der Waals surface area contributed by atoms with Crippen molar-refractivity contribution in [3.63, 3.8) is 0 Å². The molecule has 0 unspecified atom stereocenters. The summed E-state index contributed by atoms with van der Waals surface area (Å²) in [5.74, 6) is 0.805. The van der Waals surface area contributed by atoms with Crippen molar-refractivity contribution in [2.24, 2.45) is 0 Å². The molecule has 4 nitrogen and oxygen atoms in total. The van der Waals surface area contributed by atoms with Crippen LogP contribution in [0.1, 0.15) is 11.1 Å². The van der Waals surface area contributed by atoms with Crippen LogP contribution in [0.4, 0.5) is 0 Å². The van der Waals surface area contributed by atoms with Crippen molar-refractivity contribution in [3.05, 3.63) is 94.5 Å². The highest BCUT2D eigenvalue weighted by molar-refractivity contribution is 9.10. The first-order chi connectivity index (χ1) is 14.3. The third kappa shape index (κ3) is 3.78. The van der Waals surface area contributed by atoms with Crippen LogP contribution < -0.4 is 0 Å². The number of fused-ring (bicyclic) bond motifs is 3. The predicted molar refractivity (Wildman–Crippen MR) is 122 cm³/mol. The third-order valence-electron chi connectivity index (χ3n) is 4.82. The molecule has 0 atom stereocenters. The highest BCUT2D eigenvalue weighted by Crippen LogP contribution is 2.29. The Bertz CT molecular complexity index is 1280. The standard InChI is InChI=1S/C23H17BrN4S/c24-18-12-10-17(11-13-18)15-29-23-25-22-21(26-27-23)19-8-4-5-9-20(19)28(22)14-16-6-2-1-3-7-16/h1-13H,14-15H2. The van der Waals surface area contributed by atoms with E-state index in [4.69, 9.17) is 4.98 Å². The lowest BCUT2D eigenvalue weighted by Crippen LogP contribution is -2.02. The number of aromatic nitrogens is 4. The van der Waals surface area contributed by atoms with Gasteiger partial charge in [0.15, 0.2) is 5.65 Å². The molecule has 6 heteroatoms. The lowest BCUT2D eigenvalue weighted by molar-refractivity contribution is 0.814. The summed E-state index contributed by atoms with van der Waals surface area (Å²) in [7, 11) is 0. The fourth-order valence-corrected chi connectivity index (χ4v) is 4.41. The Labute approximate surface area is 181 Å². The highest BCUT2D eigenvalue weighted by atomic mass is 79.9. The summed E-state index contributed by atoms with van der Waals surface area (Å²) in [6, 6.07) is 27.1. The summed E-state index contributed by atoms with van der Waals surface area (Å²) >= 11 is 5.08. The molecule has 0 saturated heterocycles. The molecule has 0 amide bonds. The number of para-hydroxylation sites is 1. The van der Waals surface area contributed by atoms with E-state index in [0.29, 0.717) is 5.16 Å². The largest absolute Gasteiger partial charge is 0.319 e. The van der Waals surface area contributed by atoms with E-state index < -0.39 is 0 Å². The van der Waals surface area contributed by atoms with Crippen LogP contribution in [-0.4, -0.2) is 19.7 Å². The Morgan fingerprint density at radius 3 is 2.38 bits per heavy atom. The Balaban J connectivity index is 1.54. The molecule has 2 heterocycles. The molecule has 0 radical (unpaired) electrons. The molecule has 0 spiro atoms. The molecule has 29 heavy (non-hydrogen) atoms. The summed E-state index contributed by atoms with van der Waals surface area (Å²) < 4.78 is 3.31. The van der Waals surface area contributed by atoms with Crippen LogP contribution in [-0.2, 0) is 12.3 Å². The quantitative estimate of drug-likeness (QED) is 0.298. The number of benzene rings is 3. The van der Waals surface area contributed by atoms with Crippen molar-refractivity contribution < 1.29 is 0 Å². The van der Waals surface area contributed by atoms with Crippen LogP contribution in [0.25, 0.3) is 22.1 Å². The number of hydrogen-bond acceptors (Lipinski definition) is 4. The van der Waals surface area contributed by atoms with E-state index in [0.717, 1.165) is 38.8 Å². The molecular formula is C23H17BrN4S. The van der Waals surface area contributed by atoms with E-state index in [1.807, 2.05) is 12.1 Å². The van der Waals surface area contributed by atoms with Crippen LogP contribution in [0.15, 0.2) is 88.5 Å². The molecule has 142 valence electrons. The second kappa shape index (κ2) is 7.97. The Hall–Kier alpha value is -2.70. The molecule has 5 aromatic rings. The molecule has 0 aliphatic rings. The zero-order chi connectivity index (χ0) is 19.6. The zero-order valence-corrected chi connectivity index (χ0v) is 17.9. The van der Waals surface area contributed by atoms with E-state index in [2.05, 4.69) is 97.4 Å². The number of rotatable bonds is 5. The first-order valence-corrected chi connectivity index (χ1v) is 11.1. The van der Waals surface area contributed by atoms with Crippen molar-refractivity contribution >= 4 is 49.8 Å². The predicted octanol–water partition coefficient (Wildman–Crippen LogP) is 6.08. The normalized spacial score (nSPS) is 11.3. The van der Waals surface area contributed by atoms with Gasteiger partial charge in [-0.05, 0) is 29.3 Å². The van der Waals surface area contributed by atoms with Gasteiger partial charge in [0, 0.05) is 22.2 Å². The minimum atomic E-state index is 0.692. The molecule has 0 aliphatic heterocycles. The average molecular weight is 461 g/mol. The average Bonchev–Trinajstić information content (AvgIpc) is 3.07. The smallest absolute Gasteiger partial charge is 0.211 e. The summed E-state index contributed by atoms with van der Waals surface area (Å²) in [4.78, 5) is 4.88. The lowest BCUT2D eigenvalue weighted by Gasteiger charge is -2.07. The molecule has 0 aliphatic carbocycles. The third-order valence-corrected chi connectivity index (χ3v) is 6.26. The van der Waals surface area contributed by atoms with Gasteiger partial charge in [-0.15, -0.1) is 10.2 Å². The minimum Gasteiger partial charge on any atom is -0.319 e. The zero-order valence-electron chi connectivity index (χ0n) is 15.5. The molecule has 0 fully saturated rings. The molecule has 0 bridgehead atoms. The molecule has 2 aromatic heterocycles. The SMILES string of the molecule is Brc1ccc(CSc2nnc3c4ccccc4n(Cc4ccccc4)c3n2)cc1. The van der Waals surface area contributed by atoms with Gasteiger partial charge in [0.25, 0.3) is 0 Å². The summed E-state index contributed by atoms with van der Waals surface area (Å²) in [6.45, 7) is 0.750. The van der Waals surface area contributed by atoms with Crippen LogP contribution in [0.3, 0.4) is 0 Å². The van der Waals surface area contributed by atoms with E-state index in [9.17, 15) is 0 Å². The fraction of sp³-hybridized carbons (Fsp3) is 0.0870. The van der Waals surface area contributed by atoms with Gasteiger partial charge in [0.1, 0.15) is 5.52 Å². The first-order valence-electron chi connectivity index (χ1n) is 9.31. The number of nitrogens with zero attached hydrogens (tertiary/aromatic N) is 4. The second-order valence-electron chi connectivity index (χ2n) is 6.77. The van der Waals surface area contributed by atoms with Crippen molar-refractivity contribution in [1.82, 2.24) is 19.7 Å². The molecular weight excluding hydrogens is 444 g/mol. The lowest BCUT2D eigenvalue weighted by atomic mass is 10.2. The summed E-state index contributed by atoms with van der Waals surface area (Å²) in [5, 5.41) is 10.7. The minimum absolute atomic E-state index is 0.692. The van der Waals surface area contributed by atoms with Gasteiger partial charge in [-0.3, -0.25) is 0 Å². The maximum Gasteiger partial charge on any atom is 0.211 e. The fourth-order valence-electron chi connectivity index (χ4n) is 3.40. The van der Waals surface area contributed by atoms with Gasteiger partial charge < -0.3 is 4.57 Å². The van der Waals surface area contributed by atoms with E-state index in [1.54, 1.807) is 11.8 Å². The van der Waals surface area contributed by atoms with E-state index in [-0.39, 0.29) is 0 Å². The number of hydrogen-bond donors (Lipinski definition) is 0. The maximum atomic E-state index is 4.88. The Kier molecular flexibility index (Phi) is 5.04. The van der Waals surface area contributed by atoms with Gasteiger partial charge in [0.2, 0.25) is 5.16 Å². The van der Waals surface area contributed by atoms with Gasteiger partial charge in [0.05, 0.1) is 5.52 Å². The summed E-state index contributed by atoms with van der Waals surface area (Å²) in [5.41, 5.74) is 5.32. The highest BCUT2D eigenvalue weighted by Gasteiger charge is 2.15. The van der Waals surface area contributed by atoms with E-state index in [1.165, 1.54) is 11.1 Å². The molecule has 0 saturated carbocycles. The van der Waals surface area contributed by atoms with Crippen molar-refractivity contribution in [3.8, 4) is 0 Å². The van der Waals surface area contributed by atoms with Gasteiger partial charge in [-0.2, -0.15) is 0 Å². The van der Waals surface area contributed by atoms with Gasteiger partial charge >= 0.3 is 0 Å². The van der Waals surface area contributed by atoms with Crippen LogP contribution >= 0.6 is 27.7 Å². The molecule has 0 N–H and O–H groups in total. The van der Waals surface area contributed by atoms with Crippen molar-refractivity contribution in [1.29, 1.82) is 0 Å². The van der Waals surface area contributed by atoms with Crippen LogP contribution in [0, 0.1) is 0 Å². The van der Waals surface area contributed by atoms with Crippen molar-refractivity contribution in [2.75, 3.05) is 0 Å². The molecule has 3 aromatic carbocycles. The maximum absolute atomic E-state index is 4.88. The Morgan fingerprint density at radius 2 is 1.55 bits per heavy atom. The van der Waals surface area contributed by atoms with Crippen molar-refractivity contribution in [2.45, 2.75) is 17.5 Å². The Morgan fingerprint density at radius 1 is 0.793 bits per heavy atom. The van der Waals surface area contributed by atoms with Gasteiger partial charge in [-0.1, -0.05) is 88.4 Å². The summed E-state index contributed by atoms with van der Waals surface area (Å²) in [6.07, 6.45) is 0. The van der Waals surface area contributed by atoms with E-state index >= 15 is 0 Å². The van der Waals surface area contributed by atoms with Crippen LogP contribution in [0.2, 0.25) is 0 Å². The first kappa shape index (κ1) is 18.3. The number of halogens is 1. The number of thioether (sulfide) groups is 1. The van der Waals surface area contributed by atoms with Gasteiger partial charge in [-0.25, -0.2) is 4.98 Å². The van der Waals surface area contributed by atoms with Crippen LogP contribution in [0.5, 0.6) is 0 Å². The topological polar surface area (TPSA) is 43.6 Å². The second-order valence-corrected chi connectivity index (χ2v) is 8.63.